The van der Waals surface area contributed by atoms with Crippen molar-refractivity contribution in [1.82, 2.24) is 0 Å². The van der Waals surface area contributed by atoms with Crippen molar-refractivity contribution >= 4 is 22.9 Å². The highest BCUT2D eigenvalue weighted by Crippen LogP contribution is 2.09. The summed E-state index contributed by atoms with van der Waals surface area (Å²) < 4.78 is 10.3. The summed E-state index contributed by atoms with van der Waals surface area (Å²) >= 11 is 4.89. The zero-order valence-electron chi connectivity index (χ0n) is 10.6. The molecule has 0 unspecified atom stereocenters. The Hall–Kier alpha value is -1.17. The summed E-state index contributed by atoms with van der Waals surface area (Å²) in [6.45, 7) is 2.91. The molecule has 0 amide bonds. The molecular weight excluding hydrogens is 248 g/mol. The molecule has 0 aliphatic carbocycles. The average Bonchev–Trinajstić information content (AvgIpc) is 2.38. The molecule has 3 N–H and O–H groups in total. The van der Waals surface area contributed by atoms with Crippen LogP contribution in [0.15, 0.2) is 24.3 Å². The Morgan fingerprint density at radius 2 is 1.94 bits per heavy atom. The van der Waals surface area contributed by atoms with Crippen LogP contribution in [0.25, 0.3) is 0 Å². The van der Waals surface area contributed by atoms with Crippen LogP contribution in [0.4, 0.5) is 5.69 Å². The highest BCUT2D eigenvalue weighted by Gasteiger charge is 1.96. The van der Waals surface area contributed by atoms with Gasteiger partial charge in [-0.15, -0.1) is 0 Å². The van der Waals surface area contributed by atoms with Gasteiger partial charge in [0.05, 0.1) is 13.2 Å². The molecule has 0 saturated carbocycles. The number of methoxy groups -OCH3 is 1. The summed E-state index contributed by atoms with van der Waals surface area (Å²) in [7, 11) is 1.67. The molecule has 0 aromatic heterocycles. The van der Waals surface area contributed by atoms with Crippen molar-refractivity contribution in [3.05, 3.63) is 29.8 Å². The van der Waals surface area contributed by atoms with Gasteiger partial charge >= 0.3 is 0 Å². The standard InChI is InChI=1S/C13H20N2O2S/c1-16-9-10-17-8-2-7-15-12-5-3-11(4-6-12)13(14)18/h3-6,15H,2,7-10H2,1H3,(H2,14,18). The molecule has 18 heavy (non-hydrogen) atoms. The van der Waals surface area contributed by atoms with Gasteiger partial charge < -0.3 is 20.5 Å². The van der Waals surface area contributed by atoms with Gasteiger partial charge in [-0.3, -0.25) is 0 Å². The number of benzene rings is 1. The molecule has 0 bridgehead atoms. The van der Waals surface area contributed by atoms with E-state index in [0.29, 0.717) is 18.2 Å². The molecule has 0 radical (unpaired) electrons. The topological polar surface area (TPSA) is 56.5 Å². The minimum absolute atomic E-state index is 0.424. The Balaban J connectivity index is 2.14. The first-order chi connectivity index (χ1) is 8.74. The van der Waals surface area contributed by atoms with Gasteiger partial charge in [-0.2, -0.15) is 0 Å². The molecule has 1 aromatic carbocycles. The normalized spacial score (nSPS) is 10.3. The fourth-order valence-corrected chi connectivity index (χ4v) is 1.54. The number of hydrogen-bond donors (Lipinski definition) is 2. The number of anilines is 1. The number of ether oxygens (including phenoxy) is 2. The lowest BCUT2D eigenvalue weighted by Gasteiger charge is -2.07. The van der Waals surface area contributed by atoms with Gasteiger partial charge in [0.25, 0.3) is 0 Å². The molecule has 1 aromatic rings. The summed E-state index contributed by atoms with van der Waals surface area (Å²) in [6.07, 6.45) is 0.959. The fraction of sp³-hybridized carbons (Fsp3) is 0.462. The minimum Gasteiger partial charge on any atom is -0.389 e. The predicted molar refractivity (Wildman–Crippen MR) is 78.1 cm³/mol. The van der Waals surface area contributed by atoms with Gasteiger partial charge in [0.1, 0.15) is 4.99 Å². The molecule has 0 saturated heterocycles. The first-order valence-electron chi connectivity index (χ1n) is 5.94. The van der Waals surface area contributed by atoms with Gasteiger partial charge in [-0.05, 0) is 30.7 Å². The molecule has 0 fully saturated rings. The zero-order chi connectivity index (χ0) is 13.2. The van der Waals surface area contributed by atoms with Gasteiger partial charge in [-0.25, -0.2) is 0 Å². The molecule has 0 aliphatic heterocycles. The van der Waals surface area contributed by atoms with E-state index in [2.05, 4.69) is 5.32 Å². The van der Waals surface area contributed by atoms with Crippen LogP contribution in [-0.2, 0) is 9.47 Å². The number of thiocarbonyl (C=S) groups is 1. The molecule has 0 atom stereocenters. The van der Waals surface area contributed by atoms with Crippen LogP contribution in [0, 0.1) is 0 Å². The van der Waals surface area contributed by atoms with Crippen LogP contribution in [-0.4, -0.2) is 38.5 Å². The second kappa shape index (κ2) is 8.85. The molecular formula is C13H20N2O2S. The van der Waals surface area contributed by atoms with E-state index in [1.54, 1.807) is 7.11 Å². The van der Waals surface area contributed by atoms with Gasteiger partial charge in [-0.1, -0.05) is 12.2 Å². The maximum absolute atomic E-state index is 5.53. The van der Waals surface area contributed by atoms with E-state index >= 15 is 0 Å². The minimum atomic E-state index is 0.424. The Bertz CT molecular complexity index is 355. The number of hydrogen-bond acceptors (Lipinski definition) is 4. The number of nitrogens with one attached hydrogen (secondary N) is 1. The lowest BCUT2D eigenvalue weighted by atomic mass is 10.2. The zero-order valence-corrected chi connectivity index (χ0v) is 11.5. The van der Waals surface area contributed by atoms with Crippen LogP contribution < -0.4 is 11.1 Å². The smallest absolute Gasteiger partial charge is 0.103 e. The Morgan fingerprint density at radius 1 is 1.22 bits per heavy atom. The Kier molecular flexibility index (Phi) is 7.32. The number of rotatable bonds is 9. The third-order valence-corrected chi connectivity index (χ3v) is 2.63. The molecule has 1 rings (SSSR count). The fourth-order valence-electron chi connectivity index (χ4n) is 1.40. The van der Waals surface area contributed by atoms with Crippen molar-refractivity contribution in [3.63, 3.8) is 0 Å². The second-order valence-electron chi connectivity index (χ2n) is 3.83. The van der Waals surface area contributed by atoms with Crippen molar-refractivity contribution in [2.75, 3.05) is 38.8 Å². The van der Waals surface area contributed by atoms with E-state index in [0.717, 1.165) is 30.8 Å². The molecule has 0 heterocycles. The maximum Gasteiger partial charge on any atom is 0.103 e. The monoisotopic (exact) mass is 268 g/mol. The van der Waals surface area contributed by atoms with Crippen molar-refractivity contribution in [2.24, 2.45) is 5.73 Å². The quantitative estimate of drug-likeness (QED) is 0.528. The summed E-state index contributed by atoms with van der Waals surface area (Å²) in [5.74, 6) is 0. The summed E-state index contributed by atoms with van der Waals surface area (Å²) in [5, 5.41) is 3.31. The van der Waals surface area contributed by atoms with E-state index in [1.807, 2.05) is 24.3 Å². The average molecular weight is 268 g/mol. The molecule has 4 nitrogen and oxygen atoms in total. The van der Waals surface area contributed by atoms with Gasteiger partial charge in [0.2, 0.25) is 0 Å². The van der Waals surface area contributed by atoms with Crippen LogP contribution in [0.1, 0.15) is 12.0 Å². The number of nitrogens with two attached hydrogens (primary N) is 1. The van der Waals surface area contributed by atoms with Crippen LogP contribution in [0.2, 0.25) is 0 Å². The van der Waals surface area contributed by atoms with Crippen molar-refractivity contribution < 1.29 is 9.47 Å². The lowest BCUT2D eigenvalue weighted by Crippen LogP contribution is -2.10. The van der Waals surface area contributed by atoms with E-state index in [4.69, 9.17) is 27.4 Å². The van der Waals surface area contributed by atoms with Crippen molar-refractivity contribution in [3.8, 4) is 0 Å². The molecule has 0 spiro atoms. The van der Waals surface area contributed by atoms with Crippen LogP contribution in [0.3, 0.4) is 0 Å². The second-order valence-corrected chi connectivity index (χ2v) is 4.27. The van der Waals surface area contributed by atoms with E-state index < -0.39 is 0 Å². The molecule has 0 aliphatic rings. The molecule has 5 heteroatoms. The van der Waals surface area contributed by atoms with Gasteiger partial charge in [0, 0.05) is 31.5 Å². The van der Waals surface area contributed by atoms with E-state index in [-0.39, 0.29) is 0 Å². The summed E-state index contributed by atoms with van der Waals surface area (Å²) in [6, 6.07) is 7.78. The summed E-state index contributed by atoms with van der Waals surface area (Å²) in [5.41, 5.74) is 7.48. The Labute approximate surface area is 113 Å². The third kappa shape index (κ3) is 5.95. The van der Waals surface area contributed by atoms with Crippen molar-refractivity contribution in [1.29, 1.82) is 0 Å². The van der Waals surface area contributed by atoms with Crippen LogP contribution >= 0.6 is 12.2 Å². The maximum atomic E-state index is 5.53. The lowest BCUT2D eigenvalue weighted by molar-refractivity contribution is 0.0705. The highest BCUT2D eigenvalue weighted by molar-refractivity contribution is 7.80. The third-order valence-electron chi connectivity index (χ3n) is 2.40. The van der Waals surface area contributed by atoms with E-state index in [1.165, 1.54) is 0 Å². The summed E-state index contributed by atoms with van der Waals surface area (Å²) in [4.78, 5) is 0.424. The first kappa shape index (κ1) is 14.9. The van der Waals surface area contributed by atoms with E-state index in [9.17, 15) is 0 Å². The highest BCUT2D eigenvalue weighted by atomic mass is 32.1. The van der Waals surface area contributed by atoms with Gasteiger partial charge in [0.15, 0.2) is 0 Å². The van der Waals surface area contributed by atoms with Crippen LogP contribution in [0.5, 0.6) is 0 Å². The SMILES string of the molecule is COCCOCCCNc1ccc(C(N)=S)cc1. The predicted octanol–water partition coefficient (Wildman–Crippen LogP) is 1.79. The van der Waals surface area contributed by atoms with Crippen molar-refractivity contribution in [2.45, 2.75) is 6.42 Å². The molecule has 100 valence electrons. The largest absolute Gasteiger partial charge is 0.389 e. The Morgan fingerprint density at radius 3 is 2.56 bits per heavy atom. The first-order valence-corrected chi connectivity index (χ1v) is 6.35.